The van der Waals surface area contributed by atoms with Crippen molar-refractivity contribution in [2.24, 2.45) is 0 Å². The topological polar surface area (TPSA) is 47.2 Å². The van der Waals surface area contributed by atoms with Crippen molar-refractivity contribution in [3.05, 3.63) is 22.9 Å². The maximum atomic E-state index is 11.5. The fourth-order valence-electron chi connectivity index (χ4n) is 1.34. The van der Waals surface area contributed by atoms with Crippen LogP contribution in [0.1, 0.15) is 18.9 Å². The summed E-state index contributed by atoms with van der Waals surface area (Å²) in [6.45, 7) is 0.424. The lowest BCUT2D eigenvalue weighted by atomic mass is 10.7. The Labute approximate surface area is 70.1 Å². The molecule has 0 radical (unpaired) electrons. The fraction of sp³-hybridized carbons (Fsp3) is 0.625. The number of rotatable bonds is 3. The fourth-order valence-corrected chi connectivity index (χ4v) is 1.34. The summed E-state index contributed by atoms with van der Waals surface area (Å²) in [5, 5.41) is 8.64. The summed E-state index contributed by atoms with van der Waals surface area (Å²) >= 11 is 0. The molecular formula is C8H12N2O2. The van der Waals surface area contributed by atoms with Crippen LogP contribution in [-0.4, -0.2) is 20.8 Å². The van der Waals surface area contributed by atoms with E-state index in [2.05, 4.69) is 0 Å². The summed E-state index contributed by atoms with van der Waals surface area (Å²) in [6, 6.07) is 0.428. The van der Waals surface area contributed by atoms with E-state index in [1.807, 2.05) is 0 Å². The molecule has 0 amide bonds. The Kier molecular flexibility index (Phi) is 1.77. The van der Waals surface area contributed by atoms with Gasteiger partial charge in [-0.25, -0.2) is 4.79 Å². The summed E-state index contributed by atoms with van der Waals surface area (Å²) in [4.78, 5) is 11.5. The molecule has 12 heavy (non-hydrogen) atoms. The molecule has 1 fully saturated rings. The van der Waals surface area contributed by atoms with E-state index in [0.29, 0.717) is 12.6 Å². The van der Waals surface area contributed by atoms with E-state index in [1.54, 1.807) is 21.5 Å². The molecule has 1 N–H and O–H groups in total. The number of aliphatic hydroxyl groups is 1. The number of aromatic nitrogens is 2. The van der Waals surface area contributed by atoms with E-state index in [1.165, 1.54) is 0 Å². The minimum Gasteiger partial charge on any atom is -0.395 e. The maximum absolute atomic E-state index is 11.5. The van der Waals surface area contributed by atoms with Gasteiger partial charge < -0.3 is 5.11 Å². The number of imidazole rings is 1. The van der Waals surface area contributed by atoms with Gasteiger partial charge in [-0.1, -0.05) is 0 Å². The first kappa shape index (κ1) is 7.61. The van der Waals surface area contributed by atoms with Gasteiger partial charge in [-0.15, -0.1) is 0 Å². The van der Waals surface area contributed by atoms with Gasteiger partial charge in [0, 0.05) is 18.4 Å². The molecule has 0 unspecified atom stereocenters. The highest BCUT2D eigenvalue weighted by atomic mass is 16.3. The molecule has 1 heterocycles. The maximum Gasteiger partial charge on any atom is 0.328 e. The molecule has 4 heteroatoms. The first-order valence-corrected chi connectivity index (χ1v) is 4.21. The van der Waals surface area contributed by atoms with Crippen LogP contribution in [0.5, 0.6) is 0 Å². The number of hydrogen-bond donors (Lipinski definition) is 1. The zero-order valence-corrected chi connectivity index (χ0v) is 6.81. The molecule has 1 aromatic heterocycles. The standard InChI is InChI=1S/C8H12N2O2/c11-6-5-9-3-4-10(8(9)12)7-1-2-7/h3-4,7,11H,1-2,5-6H2. The van der Waals surface area contributed by atoms with Gasteiger partial charge in [0.05, 0.1) is 13.2 Å². The molecule has 1 aliphatic carbocycles. The largest absolute Gasteiger partial charge is 0.395 e. The predicted molar refractivity (Wildman–Crippen MR) is 44.0 cm³/mol. The van der Waals surface area contributed by atoms with Gasteiger partial charge in [0.25, 0.3) is 0 Å². The van der Waals surface area contributed by atoms with E-state index < -0.39 is 0 Å². The molecule has 0 aliphatic heterocycles. The summed E-state index contributed by atoms with van der Waals surface area (Å²) in [5.74, 6) is 0. The first-order chi connectivity index (χ1) is 5.83. The van der Waals surface area contributed by atoms with Crippen LogP contribution in [0, 0.1) is 0 Å². The van der Waals surface area contributed by atoms with E-state index in [9.17, 15) is 4.79 Å². The smallest absolute Gasteiger partial charge is 0.328 e. The molecule has 1 aromatic rings. The lowest BCUT2D eigenvalue weighted by Gasteiger charge is -1.96. The third kappa shape index (κ3) is 1.18. The average molecular weight is 168 g/mol. The average Bonchev–Trinajstić information content (AvgIpc) is 2.82. The van der Waals surface area contributed by atoms with Crippen molar-refractivity contribution in [1.29, 1.82) is 0 Å². The number of hydrogen-bond acceptors (Lipinski definition) is 2. The van der Waals surface area contributed by atoms with E-state index in [0.717, 1.165) is 12.8 Å². The lowest BCUT2D eigenvalue weighted by Crippen LogP contribution is -2.24. The third-order valence-corrected chi connectivity index (χ3v) is 2.15. The predicted octanol–water partition coefficient (Wildman–Crippen LogP) is -0.0230. The highest BCUT2D eigenvalue weighted by molar-refractivity contribution is 4.91. The molecule has 0 atom stereocenters. The molecule has 66 valence electrons. The van der Waals surface area contributed by atoms with Crippen molar-refractivity contribution in [3.8, 4) is 0 Å². The van der Waals surface area contributed by atoms with Crippen LogP contribution < -0.4 is 5.69 Å². The van der Waals surface area contributed by atoms with Gasteiger partial charge in [-0.2, -0.15) is 0 Å². The Hall–Kier alpha value is -1.03. The molecule has 1 aliphatic rings. The monoisotopic (exact) mass is 168 g/mol. The molecule has 2 rings (SSSR count). The number of aliphatic hydroxyl groups excluding tert-OH is 1. The van der Waals surface area contributed by atoms with Crippen molar-refractivity contribution in [2.75, 3.05) is 6.61 Å². The first-order valence-electron chi connectivity index (χ1n) is 4.21. The van der Waals surface area contributed by atoms with Gasteiger partial charge in [0.2, 0.25) is 0 Å². The minimum atomic E-state index is 0.00606. The van der Waals surface area contributed by atoms with Gasteiger partial charge in [0.15, 0.2) is 0 Å². The highest BCUT2D eigenvalue weighted by Crippen LogP contribution is 2.33. The number of nitrogens with zero attached hydrogens (tertiary/aromatic N) is 2. The van der Waals surface area contributed by atoms with E-state index in [-0.39, 0.29) is 12.3 Å². The molecule has 0 saturated heterocycles. The Balaban J connectivity index is 2.27. The molecular weight excluding hydrogens is 156 g/mol. The molecule has 0 aromatic carbocycles. The van der Waals surface area contributed by atoms with Crippen molar-refractivity contribution >= 4 is 0 Å². The SMILES string of the molecule is O=c1n(CCO)ccn1C1CC1. The van der Waals surface area contributed by atoms with Gasteiger partial charge >= 0.3 is 5.69 Å². The Morgan fingerprint density at radius 1 is 1.50 bits per heavy atom. The van der Waals surface area contributed by atoms with Crippen LogP contribution in [0.25, 0.3) is 0 Å². The van der Waals surface area contributed by atoms with Gasteiger partial charge in [-0.05, 0) is 12.8 Å². The second kappa shape index (κ2) is 2.79. The van der Waals surface area contributed by atoms with Crippen LogP contribution in [0.4, 0.5) is 0 Å². The zero-order chi connectivity index (χ0) is 8.55. The molecule has 0 spiro atoms. The van der Waals surface area contributed by atoms with E-state index in [4.69, 9.17) is 5.11 Å². The van der Waals surface area contributed by atoms with Gasteiger partial charge in [-0.3, -0.25) is 9.13 Å². The quantitative estimate of drug-likeness (QED) is 0.689. The Morgan fingerprint density at radius 3 is 2.83 bits per heavy atom. The third-order valence-electron chi connectivity index (χ3n) is 2.15. The van der Waals surface area contributed by atoms with E-state index >= 15 is 0 Å². The van der Waals surface area contributed by atoms with Crippen molar-refractivity contribution in [1.82, 2.24) is 9.13 Å². The normalized spacial score (nSPS) is 16.8. The Bertz CT molecular complexity index is 322. The van der Waals surface area contributed by atoms with Gasteiger partial charge in [0.1, 0.15) is 0 Å². The van der Waals surface area contributed by atoms with Crippen LogP contribution >= 0.6 is 0 Å². The second-order valence-corrected chi connectivity index (χ2v) is 3.14. The van der Waals surface area contributed by atoms with Crippen LogP contribution in [0.2, 0.25) is 0 Å². The lowest BCUT2D eigenvalue weighted by molar-refractivity contribution is 0.273. The van der Waals surface area contributed by atoms with Crippen LogP contribution in [0.3, 0.4) is 0 Å². The van der Waals surface area contributed by atoms with Crippen molar-refractivity contribution < 1.29 is 5.11 Å². The molecule has 0 bridgehead atoms. The second-order valence-electron chi connectivity index (χ2n) is 3.14. The summed E-state index contributed by atoms with van der Waals surface area (Å²) < 4.78 is 3.29. The minimum absolute atomic E-state index is 0.00606. The van der Waals surface area contributed by atoms with Crippen molar-refractivity contribution in [3.63, 3.8) is 0 Å². The Morgan fingerprint density at radius 2 is 2.25 bits per heavy atom. The zero-order valence-electron chi connectivity index (χ0n) is 6.81. The van der Waals surface area contributed by atoms with Crippen LogP contribution in [-0.2, 0) is 6.54 Å². The van der Waals surface area contributed by atoms with Crippen molar-refractivity contribution in [2.45, 2.75) is 25.4 Å². The summed E-state index contributed by atoms with van der Waals surface area (Å²) in [6.07, 6.45) is 5.76. The molecule has 1 saturated carbocycles. The highest BCUT2D eigenvalue weighted by Gasteiger charge is 2.25. The summed E-state index contributed by atoms with van der Waals surface area (Å²) in [5.41, 5.74) is 0.00606. The summed E-state index contributed by atoms with van der Waals surface area (Å²) in [7, 11) is 0. The molecule has 4 nitrogen and oxygen atoms in total. The van der Waals surface area contributed by atoms with Crippen LogP contribution in [0.15, 0.2) is 17.2 Å².